The zero-order chi connectivity index (χ0) is 20.5. The number of furan rings is 1. The zero-order valence-electron chi connectivity index (χ0n) is 16.0. The minimum absolute atomic E-state index is 0.0272. The minimum atomic E-state index is -0.412. The van der Waals surface area contributed by atoms with E-state index in [0.29, 0.717) is 16.4 Å². The van der Waals surface area contributed by atoms with Crippen molar-refractivity contribution in [3.63, 3.8) is 0 Å². The lowest BCUT2D eigenvalue weighted by atomic mass is 10.0. The van der Waals surface area contributed by atoms with Crippen molar-refractivity contribution in [3.05, 3.63) is 82.4 Å². The molecule has 0 saturated carbocycles. The molecule has 1 aliphatic rings. The Kier molecular flexibility index (Phi) is 5.02. The first-order valence-electron chi connectivity index (χ1n) is 9.30. The lowest BCUT2D eigenvalue weighted by molar-refractivity contribution is -0.384. The van der Waals surface area contributed by atoms with Crippen LogP contribution in [0.2, 0.25) is 0 Å². The van der Waals surface area contributed by atoms with Gasteiger partial charge in [0.1, 0.15) is 17.6 Å². The van der Waals surface area contributed by atoms with Gasteiger partial charge in [0.25, 0.3) is 5.69 Å². The van der Waals surface area contributed by atoms with Gasteiger partial charge in [-0.25, -0.2) is 0 Å². The molecule has 1 aliphatic heterocycles. The molecule has 1 N–H and O–H groups in total. The van der Waals surface area contributed by atoms with E-state index in [1.165, 1.54) is 12.1 Å². The van der Waals surface area contributed by atoms with Gasteiger partial charge in [0.15, 0.2) is 5.11 Å². The van der Waals surface area contributed by atoms with Crippen molar-refractivity contribution in [1.82, 2.24) is 15.2 Å². The Bertz CT molecular complexity index is 1050. The van der Waals surface area contributed by atoms with Crippen molar-refractivity contribution in [2.45, 2.75) is 32.0 Å². The molecule has 4 rings (SSSR count). The highest BCUT2D eigenvalue weighted by molar-refractivity contribution is 7.80. The smallest absolute Gasteiger partial charge is 0.270 e. The summed E-state index contributed by atoms with van der Waals surface area (Å²) >= 11 is 5.59. The molecule has 1 saturated heterocycles. The SMILES string of the molecule is CC(C)N1C(=S)N[C@H](c2ccccn2)[C@@H]1c1ccc(-c2cccc([N+](=O)[O-])c2)o1. The van der Waals surface area contributed by atoms with E-state index < -0.39 is 4.92 Å². The third-order valence-corrected chi connectivity index (χ3v) is 5.28. The topological polar surface area (TPSA) is 84.4 Å². The highest BCUT2D eigenvalue weighted by atomic mass is 32.1. The fraction of sp³-hybridized carbons (Fsp3) is 0.238. The van der Waals surface area contributed by atoms with Crippen LogP contribution in [0, 0.1) is 10.1 Å². The van der Waals surface area contributed by atoms with Crippen molar-refractivity contribution >= 4 is 23.0 Å². The van der Waals surface area contributed by atoms with E-state index in [2.05, 4.69) is 29.0 Å². The number of hydrogen-bond acceptors (Lipinski definition) is 5. The Hall–Kier alpha value is -3.26. The predicted molar refractivity (Wildman–Crippen MR) is 113 cm³/mol. The van der Waals surface area contributed by atoms with Gasteiger partial charge in [-0.15, -0.1) is 0 Å². The lowest BCUT2D eigenvalue weighted by Crippen LogP contribution is -2.35. The number of nitrogens with one attached hydrogen (secondary N) is 1. The van der Waals surface area contributed by atoms with E-state index in [9.17, 15) is 10.1 Å². The molecule has 0 unspecified atom stereocenters. The third kappa shape index (κ3) is 3.58. The van der Waals surface area contributed by atoms with Crippen molar-refractivity contribution < 1.29 is 9.34 Å². The average molecular weight is 408 g/mol. The number of thiocarbonyl (C=S) groups is 1. The Morgan fingerprint density at radius 3 is 2.72 bits per heavy atom. The molecule has 1 aromatic carbocycles. The van der Waals surface area contributed by atoms with Crippen molar-refractivity contribution in [1.29, 1.82) is 0 Å². The van der Waals surface area contributed by atoms with Gasteiger partial charge in [-0.2, -0.15) is 0 Å². The molecule has 0 aliphatic carbocycles. The summed E-state index contributed by atoms with van der Waals surface area (Å²) in [6.45, 7) is 4.15. The highest BCUT2D eigenvalue weighted by Gasteiger charge is 2.42. The molecule has 3 heterocycles. The number of aromatic nitrogens is 1. The van der Waals surface area contributed by atoms with Crippen LogP contribution < -0.4 is 5.32 Å². The van der Waals surface area contributed by atoms with Gasteiger partial charge in [-0.3, -0.25) is 15.1 Å². The summed E-state index contributed by atoms with van der Waals surface area (Å²) in [7, 11) is 0. The first-order chi connectivity index (χ1) is 14.0. The number of non-ortho nitro benzene ring substituents is 1. The van der Waals surface area contributed by atoms with Crippen LogP contribution in [0.1, 0.15) is 37.4 Å². The number of rotatable bonds is 5. The van der Waals surface area contributed by atoms with Crippen LogP contribution in [0.4, 0.5) is 5.69 Å². The lowest BCUT2D eigenvalue weighted by Gasteiger charge is -2.29. The summed E-state index contributed by atoms with van der Waals surface area (Å²) in [5.74, 6) is 1.30. The van der Waals surface area contributed by atoms with E-state index in [1.807, 2.05) is 30.3 Å². The van der Waals surface area contributed by atoms with E-state index >= 15 is 0 Å². The summed E-state index contributed by atoms with van der Waals surface area (Å²) in [5.41, 5.74) is 1.56. The van der Waals surface area contributed by atoms with Crippen LogP contribution >= 0.6 is 12.2 Å². The second-order valence-corrected chi connectivity index (χ2v) is 7.52. The zero-order valence-corrected chi connectivity index (χ0v) is 16.8. The van der Waals surface area contributed by atoms with Crippen LogP contribution in [0.3, 0.4) is 0 Å². The average Bonchev–Trinajstić information content (AvgIpc) is 3.33. The van der Waals surface area contributed by atoms with Crippen LogP contribution in [-0.2, 0) is 0 Å². The second kappa shape index (κ2) is 7.63. The molecule has 7 nitrogen and oxygen atoms in total. The van der Waals surface area contributed by atoms with Crippen LogP contribution in [0.5, 0.6) is 0 Å². The first-order valence-corrected chi connectivity index (χ1v) is 9.71. The normalized spacial score (nSPS) is 18.9. The molecule has 0 bridgehead atoms. The van der Waals surface area contributed by atoms with Gasteiger partial charge in [-0.1, -0.05) is 18.2 Å². The molecule has 3 aromatic rings. The molecular formula is C21H20N4O3S. The summed E-state index contributed by atoms with van der Waals surface area (Å²) in [4.78, 5) is 17.3. The van der Waals surface area contributed by atoms with Crippen LogP contribution in [0.15, 0.2) is 65.2 Å². The molecule has 0 spiro atoms. The molecule has 29 heavy (non-hydrogen) atoms. The van der Waals surface area contributed by atoms with E-state index in [0.717, 1.165) is 11.5 Å². The van der Waals surface area contributed by atoms with Crippen molar-refractivity contribution in [2.24, 2.45) is 0 Å². The van der Waals surface area contributed by atoms with E-state index in [-0.39, 0.29) is 23.8 Å². The molecule has 8 heteroatoms. The predicted octanol–water partition coefficient (Wildman–Crippen LogP) is 4.63. The first kappa shape index (κ1) is 19.1. The van der Waals surface area contributed by atoms with Gasteiger partial charge in [-0.05, 0) is 50.3 Å². The molecule has 148 valence electrons. The Labute approximate surface area is 173 Å². The van der Waals surface area contributed by atoms with Crippen LogP contribution in [-0.4, -0.2) is 26.0 Å². The maximum absolute atomic E-state index is 11.1. The Morgan fingerprint density at radius 2 is 2.03 bits per heavy atom. The number of pyridine rings is 1. The maximum atomic E-state index is 11.1. The highest BCUT2D eigenvalue weighted by Crippen LogP contribution is 2.41. The summed E-state index contributed by atoms with van der Waals surface area (Å²) in [6, 6.07) is 15.8. The molecule has 2 aromatic heterocycles. The van der Waals surface area contributed by atoms with E-state index in [4.69, 9.17) is 16.6 Å². The third-order valence-electron chi connectivity index (χ3n) is 4.95. The molecular weight excluding hydrogens is 388 g/mol. The maximum Gasteiger partial charge on any atom is 0.270 e. The van der Waals surface area contributed by atoms with E-state index in [1.54, 1.807) is 18.3 Å². The molecule has 0 radical (unpaired) electrons. The number of nitrogens with zero attached hydrogens (tertiary/aromatic N) is 3. The van der Waals surface area contributed by atoms with Gasteiger partial charge in [0.2, 0.25) is 0 Å². The standard InChI is InChI=1S/C21H20N4O3S/c1-13(2)24-20(19(23-21(24)29)16-8-3-4-11-22-16)18-10-9-17(28-18)14-6-5-7-15(12-14)25(26)27/h3-13,19-20H,1-2H3,(H,23,29)/t19-,20+/m1/s1. The van der Waals surface area contributed by atoms with Gasteiger partial charge in [0, 0.05) is 29.9 Å². The van der Waals surface area contributed by atoms with Crippen molar-refractivity contribution in [2.75, 3.05) is 0 Å². The summed E-state index contributed by atoms with van der Waals surface area (Å²) < 4.78 is 6.18. The number of benzene rings is 1. The fourth-order valence-corrected chi connectivity index (χ4v) is 4.12. The summed E-state index contributed by atoms with van der Waals surface area (Å²) in [5, 5.41) is 15.1. The molecule has 0 amide bonds. The molecule has 2 atom stereocenters. The Morgan fingerprint density at radius 1 is 1.21 bits per heavy atom. The quantitative estimate of drug-likeness (QED) is 0.374. The monoisotopic (exact) mass is 408 g/mol. The van der Waals surface area contributed by atoms with Gasteiger partial charge < -0.3 is 14.6 Å². The summed E-state index contributed by atoms with van der Waals surface area (Å²) in [6.07, 6.45) is 1.76. The van der Waals surface area contributed by atoms with Crippen LogP contribution in [0.25, 0.3) is 11.3 Å². The fourth-order valence-electron chi connectivity index (χ4n) is 3.67. The minimum Gasteiger partial charge on any atom is -0.459 e. The Balaban J connectivity index is 1.74. The number of nitro benzene ring substituents is 1. The second-order valence-electron chi connectivity index (χ2n) is 7.14. The largest absolute Gasteiger partial charge is 0.459 e. The number of hydrogen-bond donors (Lipinski definition) is 1. The molecule has 1 fully saturated rings. The van der Waals surface area contributed by atoms with Gasteiger partial charge >= 0.3 is 0 Å². The number of nitro groups is 1. The van der Waals surface area contributed by atoms with Crippen molar-refractivity contribution in [3.8, 4) is 11.3 Å². The van der Waals surface area contributed by atoms with Gasteiger partial charge in [0.05, 0.1) is 16.7 Å².